The van der Waals surface area contributed by atoms with E-state index in [4.69, 9.17) is 4.74 Å². The first-order valence-corrected chi connectivity index (χ1v) is 9.18. The Kier molecular flexibility index (Phi) is 5.49. The highest BCUT2D eigenvalue weighted by Gasteiger charge is 2.21. The van der Waals surface area contributed by atoms with Crippen molar-refractivity contribution in [3.8, 4) is 5.75 Å². The zero-order chi connectivity index (χ0) is 18.7. The number of methoxy groups -OCH3 is 1. The van der Waals surface area contributed by atoms with Gasteiger partial charge in [0, 0.05) is 16.8 Å². The van der Waals surface area contributed by atoms with Gasteiger partial charge in [-0.25, -0.2) is 13.1 Å². The first-order valence-electron chi connectivity index (χ1n) is 7.70. The molecule has 0 saturated heterocycles. The fourth-order valence-electron chi connectivity index (χ4n) is 2.15. The zero-order valence-electron chi connectivity index (χ0n) is 14.7. The molecule has 0 aliphatic heterocycles. The molecule has 2 N–H and O–H groups in total. The van der Waals surface area contributed by atoms with E-state index in [9.17, 15) is 13.2 Å². The molecule has 0 aromatic heterocycles. The van der Waals surface area contributed by atoms with Crippen LogP contribution in [0.1, 0.15) is 31.1 Å². The van der Waals surface area contributed by atoms with Crippen LogP contribution in [0, 0.1) is 0 Å². The number of nitrogens with one attached hydrogen (secondary N) is 2. The van der Waals surface area contributed by atoms with Crippen LogP contribution in [0.5, 0.6) is 5.75 Å². The lowest BCUT2D eigenvalue weighted by molar-refractivity contribution is 0.102. The Balaban J connectivity index is 2.13. The lowest BCUT2D eigenvalue weighted by atomic mass is 10.1. The highest BCUT2D eigenvalue weighted by Crippen LogP contribution is 2.18. The third kappa shape index (κ3) is 5.30. The standard InChI is InChI=1S/C18H22N2O4S/c1-18(2,3)20-25(22,23)16-10-8-14(9-11-16)19-17(21)13-6-5-7-15(12-13)24-4/h5-12,20H,1-4H3,(H,19,21). The van der Waals surface area contributed by atoms with Gasteiger partial charge in [0.05, 0.1) is 12.0 Å². The molecule has 2 rings (SSSR count). The normalized spacial score (nSPS) is 11.8. The molecule has 0 radical (unpaired) electrons. The lowest BCUT2D eigenvalue weighted by Gasteiger charge is -2.20. The maximum absolute atomic E-state index is 12.3. The van der Waals surface area contributed by atoms with Crippen molar-refractivity contribution >= 4 is 21.6 Å². The van der Waals surface area contributed by atoms with Gasteiger partial charge in [-0.15, -0.1) is 0 Å². The van der Waals surface area contributed by atoms with Crippen molar-refractivity contribution in [2.24, 2.45) is 0 Å². The second kappa shape index (κ2) is 7.25. The largest absolute Gasteiger partial charge is 0.497 e. The number of hydrogen-bond donors (Lipinski definition) is 2. The summed E-state index contributed by atoms with van der Waals surface area (Å²) in [5.41, 5.74) is 0.380. The van der Waals surface area contributed by atoms with E-state index in [1.165, 1.54) is 19.2 Å². The third-order valence-electron chi connectivity index (χ3n) is 3.19. The molecule has 0 aliphatic carbocycles. The number of sulfonamides is 1. The van der Waals surface area contributed by atoms with Gasteiger partial charge in [0.2, 0.25) is 10.0 Å². The minimum atomic E-state index is -3.60. The van der Waals surface area contributed by atoms with Crippen LogP contribution in [0.25, 0.3) is 0 Å². The molecule has 7 heteroatoms. The number of carbonyl (C=O) groups is 1. The van der Waals surface area contributed by atoms with E-state index in [1.54, 1.807) is 57.2 Å². The number of hydrogen-bond acceptors (Lipinski definition) is 4. The highest BCUT2D eigenvalue weighted by molar-refractivity contribution is 7.89. The molecule has 2 aromatic carbocycles. The molecule has 0 heterocycles. The van der Waals surface area contributed by atoms with Crippen molar-refractivity contribution in [3.63, 3.8) is 0 Å². The summed E-state index contributed by atoms with van der Waals surface area (Å²) in [5, 5.41) is 2.73. The first kappa shape index (κ1) is 19.0. The molecule has 0 atom stereocenters. The zero-order valence-corrected chi connectivity index (χ0v) is 15.5. The summed E-state index contributed by atoms with van der Waals surface area (Å²) in [6.45, 7) is 5.31. The average Bonchev–Trinajstić information content (AvgIpc) is 2.53. The smallest absolute Gasteiger partial charge is 0.255 e. The molecule has 2 aromatic rings. The van der Waals surface area contributed by atoms with Gasteiger partial charge in [-0.05, 0) is 63.2 Å². The van der Waals surface area contributed by atoms with Gasteiger partial charge in [-0.3, -0.25) is 4.79 Å². The molecule has 6 nitrogen and oxygen atoms in total. The molecule has 1 amide bonds. The predicted octanol–water partition coefficient (Wildman–Crippen LogP) is 3.02. The quantitative estimate of drug-likeness (QED) is 0.856. The summed E-state index contributed by atoms with van der Waals surface area (Å²) in [4.78, 5) is 12.4. The Morgan fingerprint density at radius 3 is 2.24 bits per heavy atom. The maximum atomic E-state index is 12.3. The second-order valence-corrected chi connectivity index (χ2v) is 8.25. The maximum Gasteiger partial charge on any atom is 0.255 e. The van der Waals surface area contributed by atoms with Crippen LogP contribution < -0.4 is 14.8 Å². The van der Waals surface area contributed by atoms with Crippen LogP contribution in [0.4, 0.5) is 5.69 Å². The van der Waals surface area contributed by atoms with Gasteiger partial charge < -0.3 is 10.1 Å². The second-order valence-electron chi connectivity index (χ2n) is 6.57. The first-order chi connectivity index (χ1) is 11.6. The van der Waals surface area contributed by atoms with Gasteiger partial charge in [0.25, 0.3) is 5.91 Å². The van der Waals surface area contributed by atoms with Crippen LogP contribution in [0.15, 0.2) is 53.4 Å². The highest BCUT2D eigenvalue weighted by atomic mass is 32.2. The van der Waals surface area contributed by atoms with E-state index in [0.717, 1.165) is 0 Å². The van der Waals surface area contributed by atoms with Crippen molar-refractivity contribution in [2.45, 2.75) is 31.2 Å². The summed E-state index contributed by atoms with van der Waals surface area (Å²) in [7, 11) is -2.07. The van der Waals surface area contributed by atoms with E-state index in [2.05, 4.69) is 10.0 Å². The van der Waals surface area contributed by atoms with Crippen molar-refractivity contribution in [3.05, 3.63) is 54.1 Å². The summed E-state index contributed by atoms with van der Waals surface area (Å²) in [6, 6.07) is 12.8. The van der Waals surface area contributed by atoms with Crippen LogP contribution in [0.3, 0.4) is 0 Å². The number of rotatable bonds is 5. The predicted molar refractivity (Wildman–Crippen MR) is 97.5 cm³/mol. The SMILES string of the molecule is COc1cccc(C(=O)Nc2ccc(S(=O)(=O)NC(C)(C)C)cc2)c1. The van der Waals surface area contributed by atoms with E-state index in [1.807, 2.05) is 0 Å². The Labute approximate surface area is 148 Å². The number of ether oxygens (including phenoxy) is 1. The van der Waals surface area contributed by atoms with E-state index >= 15 is 0 Å². The molecular weight excluding hydrogens is 340 g/mol. The van der Waals surface area contributed by atoms with Crippen LogP contribution in [-0.2, 0) is 10.0 Å². The number of amides is 1. The Hall–Kier alpha value is -2.38. The summed E-state index contributed by atoms with van der Waals surface area (Å²) in [6.07, 6.45) is 0. The molecule has 0 fully saturated rings. The average molecular weight is 362 g/mol. The van der Waals surface area contributed by atoms with E-state index in [-0.39, 0.29) is 10.8 Å². The molecule has 134 valence electrons. The van der Waals surface area contributed by atoms with Crippen LogP contribution >= 0.6 is 0 Å². The van der Waals surface area contributed by atoms with Gasteiger partial charge in [-0.1, -0.05) is 6.07 Å². The van der Waals surface area contributed by atoms with Crippen LogP contribution in [-0.4, -0.2) is 27.0 Å². The van der Waals surface area contributed by atoms with Crippen molar-refractivity contribution < 1.29 is 17.9 Å². The van der Waals surface area contributed by atoms with Crippen molar-refractivity contribution in [2.75, 3.05) is 12.4 Å². The summed E-state index contributed by atoms with van der Waals surface area (Å²) >= 11 is 0. The number of anilines is 1. The van der Waals surface area contributed by atoms with Gasteiger partial charge in [-0.2, -0.15) is 0 Å². The minimum Gasteiger partial charge on any atom is -0.497 e. The third-order valence-corrected chi connectivity index (χ3v) is 4.97. The molecule has 0 aliphatic rings. The van der Waals surface area contributed by atoms with Crippen molar-refractivity contribution in [1.82, 2.24) is 4.72 Å². The topological polar surface area (TPSA) is 84.5 Å². The monoisotopic (exact) mass is 362 g/mol. The van der Waals surface area contributed by atoms with Crippen molar-refractivity contribution in [1.29, 1.82) is 0 Å². The Bertz CT molecular complexity index is 853. The molecule has 0 bridgehead atoms. The lowest BCUT2D eigenvalue weighted by Crippen LogP contribution is -2.40. The minimum absolute atomic E-state index is 0.141. The molecule has 0 saturated carbocycles. The molecule has 0 spiro atoms. The van der Waals surface area contributed by atoms with E-state index < -0.39 is 15.6 Å². The Morgan fingerprint density at radius 2 is 1.68 bits per heavy atom. The summed E-state index contributed by atoms with van der Waals surface area (Å²) in [5.74, 6) is 0.282. The number of benzene rings is 2. The number of carbonyl (C=O) groups excluding carboxylic acids is 1. The molecule has 25 heavy (non-hydrogen) atoms. The fourth-order valence-corrected chi connectivity index (χ4v) is 3.57. The Morgan fingerprint density at radius 1 is 1.04 bits per heavy atom. The van der Waals surface area contributed by atoms with Gasteiger partial charge in [0.1, 0.15) is 5.75 Å². The molecular formula is C18H22N2O4S. The molecule has 0 unspecified atom stereocenters. The van der Waals surface area contributed by atoms with E-state index in [0.29, 0.717) is 17.0 Å². The fraction of sp³-hybridized carbons (Fsp3) is 0.278. The van der Waals surface area contributed by atoms with Gasteiger partial charge in [0.15, 0.2) is 0 Å². The van der Waals surface area contributed by atoms with Crippen LogP contribution in [0.2, 0.25) is 0 Å². The summed E-state index contributed by atoms with van der Waals surface area (Å²) < 4.78 is 32.2. The van der Waals surface area contributed by atoms with Gasteiger partial charge >= 0.3 is 0 Å².